The van der Waals surface area contributed by atoms with Crippen molar-refractivity contribution in [3.63, 3.8) is 0 Å². The van der Waals surface area contributed by atoms with E-state index < -0.39 is 18.1 Å². The minimum Gasteiger partial charge on any atom is -0.490 e. The number of rotatable bonds is 12. The maximum Gasteiger partial charge on any atom is 0.326 e. The second kappa shape index (κ2) is 16.5. The highest BCUT2D eigenvalue weighted by Crippen LogP contribution is 2.46. The molecule has 3 unspecified atom stereocenters. The zero-order valence-corrected chi connectivity index (χ0v) is 34.1. The highest BCUT2D eigenvalue weighted by atomic mass is 16.6. The predicted octanol–water partition coefficient (Wildman–Crippen LogP) is 9.14. The molecule has 2 saturated carbocycles. The van der Waals surface area contributed by atoms with Crippen molar-refractivity contribution in [1.82, 2.24) is 15.2 Å². The molecule has 2 N–H and O–H groups in total. The zero-order chi connectivity index (χ0) is 40.6. The molecule has 2 fully saturated rings. The molecular formula is C50H53N3O6. The summed E-state index contributed by atoms with van der Waals surface area (Å²) in [7, 11) is 0. The Hall–Kier alpha value is -5.67. The van der Waals surface area contributed by atoms with E-state index in [9.17, 15) is 14.7 Å². The molecule has 2 aliphatic heterocycles. The smallest absolute Gasteiger partial charge is 0.326 e. The molecule has 9 nitrogen and oxygen atoms in total. The van der Waals surface area contributed by atoms with Crippen LogP contribution in [-0.4, -0.2) is 51.7 Å². The van der Waals surface area contributed by atoms with E-state index in [1.54, 1.807) is 6.20 Å². The third-order valence-corrected chi connectivity index (χ3v) is 13.4. The van der Waals surface area contributed by atoms with Gasteiger partial charge < -0.3 is 24.6 Å². The summed E-state index contributed by atoms with van der Waals surface area (Å²) in [6, 6.07) is 30.7. The average Bonchev–Trinajstić information content (AvgIpc) is 3.88. The minimum atomic E-state index is -1.10. The van der Waals surface area contributed by atoms with E-state index in [2.05, 4.69) is 71.5 Å². The van der Waals surface area contributed by atoms with Gasteiger partial charge in [-0.1, -0.05) is 73.7 Å². The number of carbonyl (C=O) groups is 2. The largest absolute Gasteiger partial charge is 0.490 e. The second-order valence-electron chi connectivity index (χ2n) is 17.0. The number of hydrogen-bond donors (Lipinski definition) is 2. The van der Waals surface area contributed by atoms with Gasteiger partial charge in [-0.3, -0.25) is 14.7 Å². The number of carboxylic acids is 1. The molecule has 4 aliphatic rings. The van der Waals surface area contributed by atoms with Gasteiger partial charge in [-0.2, -0.15) is 0 Å². The van der Waals surface area contributed by atoms with Crippen LogP contribution < -0.4 is 19.5 Å². The van der Waals surface area contributed by atoms with E-state index in [1.165, 1.54) is 25.7 Å². The number of aryl methyl sites for hydroxylation is 1. The van der Waals surface area contributed by atoms with E-state index in [1.807, 2.05) is 61.5 Å². The van der Waals surface area contributed by atoms with Gasteiger partial charge in [0.25, 0.3) is 0 Å². The molecule has 1 amide bonds. The highest BCUT2D eigenvalue weighted by molar-refractivity contribution is 5.87. The minimum absolute atomic E-state index is 0.0719. The van der Waals surface area contributed by atoms with Crippen LogP contribution >= 0.6 is 0 Å². The number of fused-ring (bicyclic) bond motifs is 4. The Kier molecular flexibility index (Phi) is 10.9. The Morgan fingerprint density at radius 1 is 0.932 bits per heavy atom. The van der Waals surface area contributed by atoms with Gasteiger partial charge in [0.1, 0.15) is 24.5 Å². The summed E-state index contributed by atoms with van der Waals surface area (Å²) in [6.45, 7) is 7.02. The fourth-order valence-corrected chi connectivity index (χ4v) is 9.99. The van der Waals surface area contributed by atoms with Crippen molar-refractivity contribution in [2.24, 2.45) is 11.8 Å². The van der Waals surface area contributed by atoms with Crippen molar-refractivity contribution in [2.75, 3.05) is 6.61 Å². The van der Waals surface area contributed by atoms with E-state index in [-0.39, 0.29) is 24.5 Å². The number of nitrogens with zero attached hydrogens (tertiary/aromatic N) is 2. The number of ether oxygens (including phenoxy) is 3. The maximum absolute atomic E-state index is 14.4. The molecule has 1 aromatic heterocycles. The van der Waals surface area contributed by atoms with Crippen molar-refractivity contribution in [2.45, 2.75) is 103 Å². The molecule has 304 valence electrons. The molecule has 0 saturated heterocycles. The van der Waals surface area contributed by atoms with Crippen LogP contribution in [0.5, 0.6) is 17.2 Å². The molecule has 0 radical (unpaired) electrons. The first-order valence-electron chi connectivity index (χ1n) is 21.3. The summed E-state index contributed by atoms with van der Waals surface area (Å²) < 4.78 is 19.4. The van der Waals surface area contributed by atoms with Crippen molar-refractivity contribution in [3.8, 4) is 28.4 Å². The molecular weight excluding hydrogens is 739 g/mol. The lowest BCUT2D eigenvalue weighted by Crippen LogP contribution is -2.55. The monoisotopic (exact) mass is 791 g/mol. The van der Waals surface area contributed by atoms with Gasteiger partial charge in [-0.15, -0.1) is 0 Å². The van der Waals surface area contributed by atoms with E-state index in [0.29, 0.717) is 43.1 Å². The highest BCUT2D eigenvalue weighted by Gasteiger charge is 2.41. The normalized spacial score (nSPS) is 22.9. The number of aromatic nitrogens is 1. The molecule has 2 bridgehead atoms. The van der Waals surface area contributed by atoms with Gasteiger partial charge in [0.2, 0.25) is 5.91 Å². The first kappa shape index (κ1) is 38.8. The molecule has 59 heavy (non-hydrogen) atoms. The summed E-state index contributed by atoms with van der Waals surface area (Å²) in [6.07, 6.45) is 8.32. The second-order valence-corrected chi connectivity index (χ2v) is 17.0. The summed E-state index contributed by atoms with van der Waals surface area (Å²) in [5.74, 6) is 2.41. The third-order valence-electron chi connectivity index (χ3n) is 13.4. The zero-order valence-electron chi connectivity index (χ0n) is 34.1. The number of carbonyl (C=O) groups excluding carboxylic acids is 1. The van der Waals surface area contributed by atoms with Crippen LogP contribution in [0.4, 0.5) is 0 Å². The lowest BCUT2D eigenvalue weighted by molar-refractivity contribution is -0.143. The summed E-state index contributed by atoms with van der Waals surface area (Å²) >= 11 is 0. The van der Waals surface area contributed by atoms with Crippen LogP contribution in [0.2, 0.25) is 0 Å². The van der Waals surface area contributed by atoms with Crippen LogP contribution in [0.3, 0.4) is 0 Å². The van der Waals surface area contributed by atoms with Gasteiger partial charge in [0.15, 0.2) is 17.6 Å². The van der Waals surface area contributed by atoms with Crippen LogP contribution in [0.15, 0.2) is 103 Å². The van der Waals surface area contributed by atoms with Crippen molar-refractivity contribution in [3.05, 3.63) is 142 Å². The number of nitrogens with one attached hydrogen (secondary N) is 1. The van der Waals surface area contributed by atoms with Crippen LogP contribution in [0, 0.1) is 25.7 Å². The Balaban J connectivity index is 0.928. The number of pyridine rings is 1. The fourth-order valence-electron chi connectivity index (χ4n) is 9.99. The van der Waals surface area contributed by atoms with Crippen LogP contribution in [-0.2, 0) is 29.0 Å². The first-order chi connectivity index (χ1) is 28.7. The molecule has 4 aromatic carbocycles. The van der Waals surface area contributed by atoms with Gasteiger partial charge in [0.05, 0.1) is 6.04 Å². The fraction of sp³-hybridized carbons (Fsp3) is 0.380. The molecule has 2 aliphatic carbocycles. The Labute approximate surface area is 346 Å². The van der Waals surface area contributed by atoms with Gasteiger partial charge in [-0.25, -0.2) is 4.79 Å². The SMILES string of the molecule is CC[C@@H](c1ccccc1)N1Cc2cc3c(cc2C[C@H]1C(=O)NC(Cc1ccc(-c2ccnc(C)c2C)cc1)C(=O)O)OC[C@H](c1ccc(O[C@H]2CC4CCC2C4)cc1)O3. The number of hydrogen-bond acceptors (Lipinski definition) is 7. The number of amides is 1. The Morgan fingerprint density at radius 2 is 1.71 bits per heavy atom. The molecule has 7 atom stereocenters. The topological polar surface area (TPSA) is 110 Å². The van der Waals surface area contributed by atoms with Crippen molar-refractivity contribution in [1.29, 1.82) is 0 Å². The van der Waals surface area contributed by atoms with Gasteiger partial charge in [0, 0.05) is 30.9 Å². The van der Waals surface area contributed by atoms with E-state index >= 15 is 0 Å². The summed E-state index contributed by atoms with van der Waals surface area (Å²) in [4.78, 5) is 33.8. The number of carboxylic acid groups (broad SMARTS) is 1. The lowest BCUT2D eigenvalue weighted by atomic mass is 9.89. The van der Waals surface area contributed by atoms with Crippen molar-refractivity contribution < 1.29 is 28.9 Å². The standard InChI is InChI=1S/C50H53N3O6/c1-4-43(35-8-6-5-7-9-35)53-28-39-27-47-46(57-29-48(59-47)36-16-18-40(19-17-36)58-45-24-33-12-15-37(45)22-33)26-38(39)25-44(53)49(54)52-42(50(55)56)23-32-10-13-34(14-11-32)41-20-21-51-31(3)30(41)2/h5-11,13-14,16-21,26-27,33,37,42-45,48H,4,12,15,22-25,28-29H2,1-3H3,(H,52,54)(H,55,56)/t33?,37?,42?,43-,44-,45-,48+/m0/s1. The Bertz CT molecular complexity index is 2310. The third kappa shape index (κ3) is 8.05. The quantitative estimate of drug-likeness (QED) is 0.129. The van der Waals surface area contributed by atoms with E-state index in [4.69, 9.17) is 14.2 Å². The molecule has 3 heterocycles. The van der Waals surface area contributed by atoms with Crippen molar-refractivity contribution >= 4 is 11.9 Å². The van der Waals surface area contributed by atoms with Gasteiger partial charge >= 0.3 is 5.97 Å². The Morgan fingerprint density at radius 3 is 2.42 bits per heavy atom. The van der Waals surface area contributed by atoms with Crippen LogP contribution in [0.25, 0.3) is 11.1 Å². The van der Waals surface area contributed by atoms with Gasteiger partial charge in [-0.05, 0) is 139 Å². The molecule has 5 aromatic rings. The number of aliphatic carboxylic acids is 1. The first-order valence-corrected chi connectivity index (χ1v) is 21.3. The lowest BCUT2D eigenvalue weighted by Gasteiger charge is -2.42. The maximum atomic E-state index is 14.4. The average molecular weight is 792 g/mol. The molecule has 9 rings (SSSR count). The van der Waals surface area contributed by atoms with E-state index in [0.717, 1.165) is 68.3 Å². The summed E-state index contributed by atoms with van der Waals surface area (Å²) in [5.41, 5.74) is 9.23. The molecule has 0 spiro atoms. The predicted molar refractivity (Wildman–Crippen MR) is 227 cm³/mol. The van der Waals surface area contributed by atoms with Crippen LogP contribution in [0.1, 0.15) is 90.2 Å². The molecule has 9 heteroatoms. The number of benzene rings is 4. The summed E-state index contributed by atoms with van der Waals surface area (Å²) in [5, 5.41) is 13.3.